The topological polar surface area (TPSA) is 12.0 Å². The number of thiocarbonyl (C=S) groups is 1. The van der Waals surface area contributed by atoms with Gasteiger partial charge in [-0.05, 0) is 6.42 Å². The third-order valence-electron chi connectivity index (χ3n) is 1.49. The van der Waals surface area contributed by atoms with Crippen LogP contribution in [0.5, 0.6) is 0 Å². The molecular formula is C9H11NS. The number of nitrogens with one attached hydrogen (secondary N) is 1. The molecule has 0 spiro atoms. The maximum absolute atomic E-state index is 5.08. The summed E-state index contributed by atoms with van der Waals surface area (Å²) in [6, 6.07) is 0. The Bertz CT molecular complexity index is 236. The van der Waals surface area contributed by atoms with Crippen LogP contribution in [0.25, 0.3) is 0 Å². The third-order valence-corrected chi connectivity index (χ3v) is 1.93. The van der Waals surface area contributed by atoms with Crippen molar-refractivity contribution >= 4 is 17.2 Å². The summed E-state index contributed by atoms with van der Waals surface area (Å²) in [7, 11) is 1.84. The molecule has 1 aliphatic carbocycles. The van der Waals surface area contributed by atoms with Gasteiger partial charge in [0.2, 0.25) is 0 Å². The van der Waals surface area contributed by atoms with Crippen molar-refractivity contribution in [2.45, 2.75) is 6.42 Å². The molecule has 1 N–H and O–H groups in total. The molecule has 0 fully saturated rings. The van der Waals surface area contributed by atoms with Gasteiger partial charge in [0.15, 0.2) is 0 Å². The molecule has 0 atom stereocenters. The highest BCUT2D eigenvalue weighted by molar-refractivity contribution is 7.80. The fraction of sp³-hybridized carbons (Fsp3) is 0.222. The molecule has 0 heterocycles. The van der Waals surface area contributed by atoms with Gasteiger partial charge in [-0.3, -0.25) is 0 Å². The Balaban J connectivity index is 2.72. The molecule has 1 nitrogen and oxygen atoms in total. The van der Waals surface area contributed by atoms with Crippen molar-refractivity contribution in [3.05, 3.63) is 36.0 Å². The van der Waals surface area contributed by atoms with E-state index >= 15 is 0 Å². The molecule has 0 aromatic rings. The summed E-state index contributed by atoms with van der Waals surface area (Å²) >= 11 is 5.08. The van der Waals surface area contributed by atoms with Gasteiger partial charge in [0.1, 0.15) is 4.99 Å². The summed E-state index contributed by atoms with van der Waals surface area (Å²) < 4.78 is 0. The first-order valence-electron chi connectivity index (χ1n) is 3.60. The molecule has 0 aromatic carbocycles. The van der Waals surface area contributed by atoms with E-state index in [1.807, 2.05) is 25.3 Å². The van der Waals surface area contributed by atoms with Gasteiger partial charge in [0.05, 0.1) is 0 Å². The first-order valence-corrected chi connectivity index (χ1v) is 4.01. The van der Waals surface area contributed by atoms with Crippen LogP contribution in [0, 0.1) is 0 Å². The Morgan fingerprint density at radius 3 is 3.09 bits per heavy atom. The van der Waals surface area contributed by atoms with E-state index < -0.39 is 0 Å². The molecule has 11 heavy (non-hydrogen) atoms. The molecule has 0 amide bonds. The van der Waals surface area contributed by atoms with Crippen molar-refractivity contribution in [2.24, 2.45) is 0 Å². The summed E-state index contributed by atoms with van der Waals surface area (Å²) in [6.45, 7) is 0. The maximum atomic E-state index is 5.08. The van der Waals surface area contributed by atoms with Gasteiger partial charge in [-0.1, -0.05) is 42.6 Å². The van der Waals surface area contributed by atoms with Crippen LogP contribution in [0.3, 0.4) is 0 Å². The normalized spacial score (nSPS) is 15.5. The van der Waals surface area contributed by atoms with E-state index in [-0.39, 0.29) is 0 Å². The highest BCUT2D eigenvalue weighted by Crippen LogP contribution is 2.05. The summed E-state index contributed by atoms with van der Waals surface area (Å²) in [6.07, 6.45) is 11.2. The second-order valence-corrected chi connectivity index (χ2v) is 2.67. The zero-order chi connectivity index (χ0) is 8.10. The number of rotatable bonds is 1. The second-order valence-electron chi connectivity index (χ2n) is 2.26. The molecule has 1 aliphatic rings. The first-order chi connectivity index (χ1) is 5.34. The fourth-order valence-corrected chi connectivity index (χ4v) is 1.04. The summed E-state index contributed by atoms with van der Waals surface area (Å²) in [5, 5.41) is 2.95. The van der Waals surface area contributed by atoms with Crippen LogP contribution >= 0.6 is 12.2 Å². The molecule has 0 saturated carbocycles. The van der Waals surface area contributed by atoms with Crippen LogP contribution in [0.15, 0.2) is 36.0 Å². The molecule has 0 bridgehead atoms. The number of hydrogen-bond donors (Lipinski definition) is 1. The minimum Gasteiger partial charge on any atom is -0.379 e. The van der Waals surface area contributed by atoms with E-state index in [4.69, 9.17) is 12.2 Å². The van der Waals surface area contributed by atoms with Crippen LogP contribution in [-0.4, -0.2) is 12.0 Å². The van der Waals surface area contributed by atoms with E-state index in [1.54, 1.807) is 0 Å². The van der Waals surface area contributed by atoms with Crippen LogP contribution in [0.1, 0.15) is 6.42 Å². The standard InChI is InChI=1S/C9H11NS/c1-10-9(11)8-6-4-2-3-5-7-8/h2-4,6-7H,5H2,1H3,(H,10,11). The third kappa shape index (κ3) is 2.31. The van der Waals surface area contributed by atoms with E-state index in [1.165, 1.54) is 0 Å². The van der Waals surface area contributed by atoms with E-state index in [2.05, 4.69) is 17.5 Å². The van der Waals surface area contributed by atoms with Crippen molar-refractivity contribution in [1.82, 2.24) is 5.32 Å². The summed E-state index contributed by atoms with van der Waals surface area (Å²) in [5.41, 5.74) is 1.10. The van der Waals surface area contributed by atoms with E-state index in [0.717, 1.165) is 17.0 Å². The molecule has 0 radical (unpaired) electrons. The van der Waals surface area contributed by atoms with Crippen LogP contribution in [0.4, 0.5) is 0 Å². The summed E-state index contributed by atoms with van der Waals surface area (Å²) in [5.74, 6) is 0. The lowest BCUT2D eigenvalue weighted by Gasteiger charge is -2.01. The Morgan fingerprint density at radius 2 is 2.36 bits per heavy atom. The molecule has 0 aliphatic heterocycles. The van der Waals surface area contributed by atoms with Crippen LogP contribution in [0.2, 0.25) is 0 Å². The zero-order valence-electron chi connectivity index (χ0n) is 6.50. The highest BCUT2D eigenvalue weighted by Gasteiger charge is 1.97. The van der Waals surface area contributed by atoms with Crippen molar-refractivity contribution in [2.75, 3.05) is 7.05 Å². The molecule has 58 valence electrons. The van der Waals surface area contributed by atoms with Crippen LogP contribution < -0.4 is 5.32 Å². The molecule has 0 saturated heterocycles. The predicted molar refractivity (Wildman–Crippen MR) is 52.6 cm³/mol. The largest absolute Gasteiger partial charge is 0.379 e. The minimum absolute atomic E-state index is 0.810. The monoisotopic (exact) mass is 165 g/mol. The van der Waals surface area contributed by atoms with Gasteiger partial charge in [-0.2, -0.15) is 0 Å². The molecule has 2 heteroatoms. The SMILES string of the molecule is CNC(=S)C1=CCC=CC=C1. The highest BCUT2D eigenvalue weighted by atomic mass is 32.1. The van der Waals surface area contributed by atoms with Gasteiger partial charge in [-0.15, -0.1) is 0 Å². The smallest absolute Gasteiger partial charge is 0.106 e. The minimum atomic E-state index is 0.810. The van der Waals surface area contributed by atoms with Crippen molar-refractivity contribution in [3.8, 4) is 0 Å². The predicted octanol–water partition coefficient (Wildman–Crippen LogP) is 1.98. The number of likely N-dealkylation sites (N-methyl/N-ethyl adjacent to an activating group) is 1. The zero-order valence-corrected chi connectivity index (χ0v) is 7.32. The fourth-order valence-electron chi connectivity index (χ4n) is 0.892. The Hall–Kier alpha value is -0.890. The Labute approximate surface area is 72.5 Å². The van der Waals surface area contributed by atoms with Gasteiger partial charge in [-0.25, -0.2) is 0 Å². The lowest BCUT2D eigenvalue weighted by atomic mass is 10.2. The maximum Gasteiger partial charge on any atom is 0.106 e. The number of allylic oxidation sites excluding steroid dienone is 4. The van der Waals surface area contributed by atoms with Crippen LogP contribution in [-0.2, 0) is 0 Å². The molecule has 0 unspecified atom stereocenters. The van der Waals surface area contributed by atoms with Gasteiger partial charge in [0, 0.05) is 12.6 Å². The molecule has 1 rings (SSSR count). The molecule has 0 aromatic heterocycles. The number of hydrogen-bond acceptors (Lipinski definition) is 1. The van der Waals surface area contributed by atoms with E-state index in [0.29, 0.717) is 0 Å². The average molecular weight is 165 g/mol. The summed E-state index contributed by atoms with van der Waals surface area (Å²) in [4.78, 5) is 0.810. The lowest BCUT2D eigenvalue weighted by molar-refractivity contribution is 1.20. The van der Waals surface area contributed by atoms with E-state index in [9.17, 15) is 0 Å². The van der Waals surface area contributed by atoms with Gasteiger partial charge >= 0.3 is 0 Å². The van der Waals surface area contributed by atoms with Gasteiger partial charge < -0.3 is 5.32 Å². The van der Waals surface area contributed by atoms with Gasteiger partial charge in [0.25, 0.3) is 0 Å². The molecular weight excluding hydrogens is 154 g/mol. The van der Waals surface area contributed by atoms with Crippen molar-refractivity contribution in [1.29, 1.82) is 0 Å². The first kappa shape index (κ1) is 8.21. The average Bonchev–Trinajstić information content (AvgIpc) is 2.30. The Morgan fingerprint density at radius 1 is 1.55 bits per heavy atom. The Kier molecular flexibility index (Phi) is 3.05. The van der Waals surface area contributed by atoms with Crippen molar-refractivity contribution in [3.63, 3.8) is 0 Å². The second kappa shape index (κ2) is 4.09. The lowest BCUT2D eigenvalue weighted by Crippen LogP contribution is -2.16. The van der Waals surface area contributed by atoms with Crippen molar-refractivity contribution < 1.29 is 0 Å². The quantitative estimate of drug-likeness (QED) is 0.596.